The second kappa shape index (κ2) is 11.3. The van der Waals surface area contributed by atoms with Gasteiger partial charge in [0.1, 0.15) is 5.60 Å². The summed E-state index contributed by atoms with van der Waals surface area (Å²) in [6, 6.07) is 12.4. The van der Waals surface area contributed by atoms with Gasteiger partial charge in [0.05, 0.1) is 6.04 Å². The van der Waals surface area contributed by atoms with Crippen molar-refractivity contribution in [3.63, 3.8) is 0 Å². The Hall–Kier alpha value is -2.93. The van der Waals surface area contributed by atoms with Crippen LogP contribution < -0.4 is 10.6 Å². The first-order valence-corrected chi connectivity index (χ1v) is 10.1. The topological polar surface area (TPSA) is 101 Å². The number of nitrogens with zero attached hydrogens (tertiary/aromatic N) is 1. The summed E-state index contributed by atoms with van der Waals surface area (Å²) in [6.07, 6.45) is 3.21. The van der Waals surface area contributed by atoms with Crippen molar-refractivity contribution in [2.45, 2.75) is 57.8 Å². The summed E-state index contributed by atoms with van der Waals surface area (Å²) in [5.41, 5.74) is 1.30. The van der Waals surface area contributed by atoms with Crippen molar-refractivity contribution in [1.82, 2.24) is 15.6 Å². The standard InChI is InChI=1S/C23H31N3O4/c1-23(2,3)30-22(29)26-19(15-17-9-5-4-6-10-17)20(27)21(28)25-14-8-12-18-11-7-13-24-16-18/h4-7,9-11,13,16,19-20,27H,8,12,14-15H2,1-3H3,(H,25,28)(H,26,29)/t19-,20-/m0/s1. The van der Waals surface area contributed by atoms with Gasteiger partial charge in [0.2, 0.25) is 0 Å². The molecule has 30 heavy (non-hydrogen) atoms. The van der Waals surface area contributed by atoms with Crippen LogP contribution in [0.15, 0.2) is 54.9 Å². The largest absolute Gasteiger partial charge is 0.444 e. The highest BCUT2D eigenvalue weighted by Crippen LogP contribution is 2.11. The maximum Gasteiger partial charge on any atom is 0.407 e. The van der Waals surface area contributed by atoms with E-state index in [1.807, 2.05) is 42.5 Å². The number of pyridine rings is 1. The third-order valence-corrected chi connectivity index (χ3v) is 4.31. The van der Waals surface area contributed by atoms with Crippen LogP contribution in [0.5, 0.6) is 0 Å². The van der Waals surface area contributed by atoms with Gasteiger partial charge in [-0.15, -0.1) is 0 Å². The van der Waals surface area contributed by atoms with Gasteiger partial charge in [0.15, 0.2) is 6.10 Å². The molecule has 3 N–H and O–H groups in total. The monoisotopic (exact) mass is 413 g/mol. The quantitative estimate of drug-likeness (QED) is 0.549. The van der Waals surface area contributed by atoms with E-state index in [4.69, 9.17) is 4.74 Å². The molecule has 7 heteroatoms. The zero-order valence-corrected chi connectivity index (χ0v) is 17.8. The van der Waals surface area contributed by atoms with Gasteiger partial charge in [-0.25, -0.2) is 4.79 Å². The van der Waals surface area contributed by atoms with Crippen LogP contribution >= 0.6 is 0 Å². The summed E-state index contributed by atoms with van der Waals surface area (Å²) in [7, 11) is 0. The molecule has 0 bridgehead atoms. The minimum absolute atomic E-state index is 0.296. The second-order valence-corrected chi connectivity index (χ2v) is 8.14. The molecule has 2 amide bonds. The Kier molecular flexibility index (Phi) is 8.80. The van der Waals surface area contributed by atoms with Crippen molar-refractivity contribution in [3.8, 4) is 0 Å². The number of alkyl carbamates (subject to hydrolysis) is 1. The molecule has 0 aliphatic heterocycles. The average molecular weight is 414 g/mol. The van der Waals surface area contributed by atoms with Gasteiger partial charge in [-0.1, -0.05) is 36.4 Å². The van der Waals surface area contributed by atoms with E-state index in [9.17, 15) is 14.7 Å². The summed E-state index contributed by atoms with van der Waals surface area (Å²) in [5.74, 6) is -0.529. The molecular formula is C23H31N3O4. The number of aromatic nitrogens is 1. The van der Waals surface area contributed by atoms with Crippen LogP contribution in [0.3, 0.4) is 0 Å². The van der Waals surface area contributed by atoms with Crippen molar-refractivity contribution in [2.75, 3.05) is 6.54 Å². The summed E-state index contributed by atoms with van der Waals surface area (Å²) < 4.78 is 5.28. The zero-order valence-electron chi connectivity index (χ0n) is 17.8. The zero-order chi connectivity index (χ0) is 22.0. The van der Waals surface area contributed by atoms with E-state index in [2.05, 4.69) is 15.6 Å². The average Bonchev–Trinajstić information content (AvgIpc) is 2.70. The van der Waals surface area contributed by atoms with Gasteiger partial charge in [0, 0.05) is 18.9 Å². The lowest BCUT2D eigenvalue weighted by Gasteiger charge is -2.26. The van der Waals surface area contributed by atoms with E-state index in [0.717, 1.165) is 17.5 Å². The van der Waals surface area contributed by atoms with Crippen molar-refractivity contribution in [3.05, 3.63) is 66.0 Å². The molecule has 0 aliphatic carbocycles. The third-order valence-electron chi connectivity index (χ3n) is 4.31. The number of benzene rings is 1. The smallest absolute Gasteiger partial charge is 0.407 e. The number of amides is 2. The molecule has 0 radical (unpaired) electrons. The fourth-order valence-electron chi connectivity index (χ4n) is 2.91. The Bertz CT molecular complexity index is 791. The molecule has 2 rings (SSSR count). The molecule has 0 unspecified atom stereocenters. The highest BCUT2D eigenvalue weighted by Gasteiger charge is 2.29. The van der Waals surface area contributed by atoms with Gasteiger partial charge in [-0.05, 0) is 57.2 Å². The third kappa shape index (κ3) is 8.61. The number of aliphatic hydroxyl groups is 1. The Morgan fingerprint density at radius 3 is 2.43 bits per heavy atom. The minimum atomic E-state index is -1.41. The van der Waals surface area contributed by atoms with E-state index in [1.165, 1.54) is 0 Å². The fourth-order valence-corrected chi connectivity index (χ4v) is 2.91. The second-order valence-electron chi connectivity index (χ2n) is 8.14. The van der Waals surface area contributed by atoms with E-state index in [1.54, 1.807) is 33.2 Å². The van der Waals surface area contributed by atoms with Gasteiger partial charge in [-0.3, -0.25) is 9.78 Å². The Labute approximate surface area is 177 Å². The normalized spacial score (nSPS) is 13.2. The van der Waals surface area contributed by atoms with E-state index >= 15 is 0 Å². The van der Waals surface area contributed by atoms with Crippen molar-refractivity contribution >= 4 is 12.0 Å². The first-order chi connectivity index (χ1) is 14.2. The van der Waals surface area contributed by atoms with E-state index < -0.39 is 29.7 Å². The fraction of sp³-hybridized carbons (Fsp3) is 0.435. The Balaban J connectivity index is 1.93. The summed E-state index contributed by atoms with van der Waals surface area (Å²) >= 11 is 0. The van der Waals surface area contributed by atoms with Gasteiger partial charge in [0.25, 0.3) is 5.91 Å². The van der Waals surface area contributed by atoms with Crippen LogP contribution in [0.25, 0.3) is 0 Å². The number of carbonyl (C=O) groups is 2. The lowest BCUT2D eigenvalue weighted by atomic mass is 10.0. The number of nitrogens with one attached hydrogen (secondary N) is 2. The molecule has 0 spiro atoms. The predicted octanol–water partition coefficient (Wildman–Crippen LogP) is 2.63. The number of hydrogen-bond donors (Lipinski definition) is 3. The molecule has 162 valence electrons. The Morgan fingerprint density at radius 1 is 1.10 bits per heavy atom. The first-order valence-electron chi connectivity index (χ1n) is 10.1. The van der Waals surface area contributed by atoms with Gasteiger partial charge < -0.3 is 20.5 Å². The number of rotatable bonds is 9. The number of ether oxygens (including phenoxy) is 1. The molecule has 0 saturated carbocycles. The van der Waals surface area contributed by atoms with Crippen LogP contribution in [0.2, 0.25) is 0 Å². The van der Waals surface area contributed by atoms with Crippen LogP contribution in [0.1, 0.15) is 38.3 Å². The van der Waals surface area contributed by atoms with Crippen molar-refractivity contribution < 1.29 is 19.4 Å². The van der Waals surface area contributed by atoms with Gasteiger partial charge >= 0.3 is 6.09 Å². The molecule has 1 aromatic carbocycles. The first kappa shape index (κ1) is 23.3. The number of hydrogen-bond acceptors (Lipinski definition) is 5. The predicted molar refractivity (Wildman–Crippen MR) is 115 cm³/mol. The molecule has 2 aromatic rings. The lowest BCUT2D eigenvalue weighted by Crippen LogP contribution is -2.52. The molecule has 0 fully saturated rings. The lowest BCUT2D eigenvalue weighted by molar-refractivity contribution is -0.130. The maximum atomic E-state index is 12.5. The SMILES string of the molecule is CC(C)(C)OC(=O)N[C@@H](Cc1ccccc1)[C@H](O)C(=O)NCCCc1cccnc1. The van der Waals surface area contributed by atoms with Crippen LogP contribution in [-0.2, 0) is 22.4 Å². The van der Waals surface area contributed by atoms with E-state index in [0.29, 0.717) is 19.4 Å². The highest BCUT2D eigenvalue weighted by molar-refractivity contribution is 5.82. The molecule has 0 saturated heterocycles. The number of carbonyl (C=O) groups excluding carboxylic acids is 2. The molecule has 2 atom stereocenters. The highest BCUT2D eigenvalue weighted by atomic mass is 16.6. The molecule has 0 aliphatic rings. The molecule has 1 heterocycles. The van der Waals surface area contributed by atoms with Crippen molar-refractivity contribution in [2.24, 2.45) is 0 Å². The summed E-state index contributed by atoms with van der Waals surface area (Å²) in [4.78, 5) is 28.8. The van der Waals surface area contributed by atoms with Crippen LogP contribution in [0, 0.1) is 0 Å². The molecule has 1 aromatic heterocycles. The Morgan fingerprint density at radius 2 is 1.80 bits per heavy atom. The molecule has 7 nitrogen and oxygen atoms in total. The number of aliphatic hydroxyl groups excluding tert-OH is 1. The molecular weight excluding hydrogens is 382 g/mol. The summed E-state index contributed by atoms with van der Waals surface area (Å²) in [5, 5.41) is 16.0. The maximum absolute atomic E-state index is 12.5. The van der Waals surface area contributed by atoms with Crippen LogP contribution in [0.4, 0.5) is 4.79 Å². The van der Waals surface area contributed by atoms with Gasteiger partial charge in [-0.2, -0.15) is 0 Å². The minimum Gasteiger partial charge on any atom is -0.444 e. The van der Waals surface area contributed by atoms with Crippen LogP contribution in [-0.4, -0.2) is 46.4 Å². The van der Waals surface area contributed by atoms with Crippen molar-refractivity contribution in [1.29, 1.82) is 0 Å². The van der Waals surface area contributed by atoms with E-state index in [-0.39, 0.29) is 0 Å². The summed E-state index contributed by atoms with van der Waals surface area (Å²) in [6.45, 7) is 5.67. The number of aryl methyl sites for hydroxylation is 1.